The van der Waals surface area contributed by atoms with E-state index in [1.54, 1.807) is 28.6 Å². The molecule has 0 spiro atoms. The van der Waals surface area contributed by atoms with Crippen LogP contribution in [0.15, 0.2) is 12.1 Å². The van der Waals surface area contributed by atoms with Crippen LogP contribution in [0.5, 0.6) is 17.2 Å². The van der Waals surface area contributed by atoms with Crippen LogP contribution in [-0.4, -0.2) is 55.4 Å². The predicted octanol–water partition coefficient (Wildman–Crippen LogP) is 3.44. The lowest BCUT2D eigenvalue weighted by Gasteiger charge is -2.18. The minimum Gasteiger partial charge on any atom is -0.490 e. The topological polar surface area (TPSA) is 109 Å². The Morgan fingerprint density at radius 3 is 2.36 bits per heavy atom. The molecule has 1 aromatic carbocycles. The first-order valence-electron chi connectivity index (χ1n) is 11.1. The van der Waals surface area contributed by atoms with Crippen LogP contribution in [-0.2, 0) is 21.3 Å². The molecule has 1 aromatic heterocycles. The molecule has 0 aliphatic carbocycles. The number of nitrogens with zero attached hydrogens (tertiary/aromatic N) is 2. The molecule has 4 rings (SSSR count). The van der Waals surface area contributed by atoms with Crippen molar-refractivity contribution >= 4 is 33.3 Å². The van der Waals surface area contributed by atoms with Gasteiger partial charge in [0.1, 0.15) is 5.82 Å². The first-order chi connectivity index (χ1) is 15.9. The van der Waals surface area contributed by atoms with Gasteiger partial charge in [-0.05, 0) is 39.3 Å². The molecule has 1 atom stereocenters. The van der Waals surface area contributed by atoms with Gasteiger partial charge in [-0.3, -0.25) is 4.79 Å². The highest BCUT2D eigenvalue weighted by Gasteiger charge is 2.34. The Labute approximate surface area is 198 Å². The summed E-state index contributed by atoms with van der Waals surface area (Å²) < 4.78 is 43.0. The van der Waals surface area contributed by atoms with E-state index in [0.717, 1.165) is 22.8 Å². The zero-order valence-corrected chi connectivity index (χ0v) is 20.7. The van der Waals surface area contributed by atoms with Crippen molar-refractivity contribution in [2.45, 2.75) is 44.7 Å². The Kier molecular flexibility index (Phi) is 7.08. The molecule has 3 heterocycles. The van der Waals surface area contributed by atoms with Crippen molar-refractivity contribution < 1.29 is 27.4 Å². The Morgan fingerprint density at radius 1 is 1.12 bits per heavy atom. The van der Waals surface area contributed by atoms with Gasteiger partial charge in [0, 0.05) is 22.6 Å². The fraction of sp³-hybridized carbons (Fsp3) is 0.545. The van der Waals surface area contributed by atoms with Crippen molar-refractivity contribution in [1.29, 1.82) is 0 Å². The Bertz CT molecular complexity index is 1120. The molecular weight excluding hydrogens is 466 g/mol. The highest BCUT2D eigenvalue weighted by atomic mass is 32.2. The number of thioether (sulfide) groups is 1. The van der Waals surface area contributed by atoms with E-state index in [9.17, 15) is 13.2 Å². The highest BCUT2D eigenvalue weighted by Crippen LogP contribution is 2.41. The fourth-order valence-electron chi connectivity index (χ4n) is 4.10. The number of nitrogens with one attached hydrogen (secondary N) is 1. The van der Waals surface area contributed by atoms with Crippen molar-refractivity contribution in [3.8, 4) is 17.2 Å². The van der Waals surface area contributed by atoms with E-state index in [2.05, 4.69) is 10.4 Å². The summed E-state index contributed by atoms with van der Waals surface area (Å²) >= 11 is 1.72. The number of hydrogen-bond donors (Lipinski definition) is 1. The third-order valence-electron chi connectivity index (χ3n) is 5.53. The minimum absolute atomic E-state index is 0.0373. The lowest BCUT2D eigenvalue weighted by molar-refractivity contribution is 0.102. The SMILES string of the molecule is CCOc1cc(C(=O)Nc2c3c(nn2C2CCS(=O)(=O)C2)CSC3)cc(OCC)c1OCC. The zero-order chi connectivity index (χ0) is 23.6. The monoisotopic (exact) mass is 495 g/mol. The average molecular weight is 496 g/mol. The fourth-order valence-corrected chi connectivity index (χ4v) is 6.82. The number of rotatable bonds is 9. The lowest BCUT2D eigenvalue weighted by Crippen LogP contribution is -2.20. The van der Waals surface area contributed by atoms with Crippen LogP contribution in [0.1, 0.15) is 54.8 Å². The molecule has 1 fully saturated rings. The quantitative estimate of drug-likeness (QED) is 0.564. The normalized spacial score (nSPS) is 18.7. The van der Waals surface area contributed by atoms with Gasteiger partial charge >= 0.3 is 0 Å². The van der Waals surface area contributed by atoms with Crippen molar-refractivity contribution in [3.63, 3.8) is 0 Å². The predicted molar refractivity (Wildman–Crippen MR) is 127 cm³/mol. The lowest BCUT2D eigenvalue weighted by atomic mass is 10.1. The zero-order valence-electron chi connectivity index (χ0n) is 19.0. The van der Waals surface area contributed by atoms with E-state index >= 15 is 0 Å². The number of benzene rings is 1. The van der Waals surface area contributed by atoms with Gasteiger partial charge in [-0.15, -0.1) is 0 Å². The molecule has 1 unspecified atom stereocenters. The Morgan fingerprint density at radius 2 is 1.79 bits per heavy atom. The van der Waals surface area contributed by atoms with Crippen molar-refractivity contribution in [2.75, 3.05) is 36.6 Å². The number of ether oxygens (including phenoxy) is 3. The van der Waals surface area contributed by atoms with Crippen LogP contribution in [0, 0.1) is 0 Å². The molecule has 1 N–H and O–H groups in total. The number of amides is 1. The molecule has 33 heavy (non-hydrogen) atoms. The molecule has 9 nitrogen and oxygen atoms in total. The number of carbonyl (C=O) groups is 1. The second kappa shape index (κ2) is 9.84. The maximum absolute atomic E-state index is 13.4. The molecular formula is C22H29N3O6S2. The van der Waals surface area contributed by atoms with Gasteiger partial charge in [-0.1, -0.05) is 0 Å². The van der Waals surface area contributed by atoms with E-state index < -0.39 is 9.84 Å². The summed E-state index contributed by atoms with van der Waals surface area (Å²) in [6, 6.07) is 3.00. The third-order valence-corrected chi connectivity index (χ3v) is 8.26. The molecule has 2 aliphatic rings. The van der Waals surface area contributed by atoms with E-state index in [0.29, 0.717) is 54.9 Å². The maximum atomic E-state index is 13.4. The standard InChI is InChI=1S/C22H29N3O6S2/c1-4-29-18-9-14(10-19(30-5-2)20(18)31-6-3)22(26)23-21-16-11-32-12-17(16)24-25(21)15-7-8-33(27,28)13-15/h9-10,15H,4-8,11-13H2,1-3H3,(H,23,26). The second-order valence-corrected chi connectivity index (χ2v) is 11.0. The van der Waals surface area contributed by atoms with Crippen LogP contribution in [0.4, 0.5) is 5.82 Å². The largest absolute Gasteiger partial charge is 0.490 e. The Balaban J connectivity index is 1.69. The molecule has 1 amide bonds. The minimum atomic E-state index is -3.09. The van der Waals surface area contributed by atoms with Gasteiger partial charge in [-0.25, -0.2) is 13.1 Å². The first-order valence-corrected chi connectivity index (χ1v) is 14.1. The van der Waals surface area contributed by atoms with Crippen molar-refractivity contribution in [1.82, 2.24) is 9.78 Å². The summed E-state index contributed by atoms with van der Waals surface area (Å²) in [4.78, 5) is 13.4. The molecule has 1 saturated heterocycles. The number of hydrogen-bond acceptors (Lipinski definition) is 8. The molecule has 180 valence electrons. The Hall–Kier alpha value is -2.40. The maximum Gasteiger partial charge on any atom is 0.257 e. The summed E-state index contributed by atoms with van der Waals surface area (Å²) in [5.74, 6) is 3.22. The average Bonchev–Trinajstić information content (AvgIpc) is 3.46. The number of sulfone groups is 1. The van der Waals surface area contributed by atoms with E-state index in [4.69, 9.17) is 14.2 Å². The smallest absolute Gasteiger partial charge is 0.257 e. The summed E-state index contributed by atoms with van der Waals surface area (Å²) in [5, 5.41) is 7.67. The molecule has 11 heteroatoms. The van der Waals surface area contributed by atoms with Crippen LogP contribution >= 0.6 is 11.8 Å². The van der Waals surface area contributed by atoms with Crippen LogP contribution in [0.25, 0.3) is 0 Å². The first kappa shape index (κ1) is 23.7. The summed E-state index contributed by atoms with van der Waals surface area (Å²) in [6.45, 7) is 6.83. The number of anilines is 1. The van der Waals surface area contributed by atoms with Crippen molar-refractivity contribution in [3.05, 3.63) is 29.0 Å². The number of carbonyl (C=O) groups excluding carboxylic acids is 1. The number of fused-ring (bicyclic) bond motifs is 1. The molecule has 0 bridgehead atoms. The third kappa shape index (κ3) is 4.93. The summed E-state index contributed by atoms with van der Waals surface area (Å²) in [5.41, 5.74) is 2.21. The van der Waals surface area contributed by atoms with Crippen LogP contribution in [0.3, 0.4) is 0 Å². The van der Waals surface area contributed by atoms with Gasteiger partial charge < -0.3 is 19.5 Å². The molecule has 0 radical (unpaired) electrons. The van der Waals surface area contributed by atoms with Crippen LogP contribution < -0.4 is 19.5 Å². The summed E-state index contributed by atoms with van der Waals surface area (Å²) in [7, 11) is -3.09. The van der Waals surface area contributed by atoms with Gasteiger partial charge in [0.15, 0.2) is 21.3 Å². The molecule has 0 saturated carbocycles. The summed E-state index contributed by atoms with van der Waals surface area (Å²) in [6.07, 6.45) is 0.491. The van der Waals surface area contributed by atoms with Gasteiger partial charge in [0.25, 0.3) is 5.91 Å². The second-order valence-electron chi connectivity index (χ2n) is 7.82. The van der Waals surface area contributed by atoms with Gasteiger partial charge in [-0.2, -0.15) is 16.9 Å². The van der Waals surface area contributed by atoms with Crippen LogP contribution in [0.2, 0.25) is 0 Å². The van der Waals surface area contributed by atoms with E-state index in [-0.39, 0.29) is 23.5 Å². The molecule has 2 aliphatic heterocycles. The highest BCUT2D eigenvalue weighted by molar-refractivity contribution is 7.98. The van der Waals surface area contributed by atoms with Gasteiger partial charge in [0.05, 0.1) is 43.1 Å². The number of aromatic nitrogens is 2. The van der Waals surface area contributed by atoms with Crippen molar-refractivity contribution in [2.24, 2.45) is 0 Å². The van der Waals surface area contributed by atoms with E-state index in [1.807, 2.05) is 20.8 Å². The van der Waals surface area contributed by atoms with Gasteiger partial charge in [0.2, 0.25) is 5.75 Å². The van der Waals surface area contributed by atoms with E-state index in [1.165, 1.54) is 0 Å². The molecule has 2 aromatic rings.